The van der Waals surface area contributed by atoms with Crippen molar-refractivity contribution in [2.75, 3.05) is 7.05 Å². The van der Waals surface area contributed by atoms with Gasteiger partial charge in [0.15, 0.2) is 0 Å². The van der Waals surface area contributed by atoms with Crippen molar-refractivity contribution in [3.63, 3.8) is 0 Å². The molecule has 1 aromatic carbocycles. The zero-order valence-electron chi connectivity index (χ0n) is 12.9. The molecule has 4 heteroatoms. The van der Waals surface area contributed by atoms with Gasteiger partial charge in [-0.15, -0.1) is 0 Å². The molecule has 0 aliphatic heterocycles. The second-order valence-electron chi connectivity index (χ2n) is 5.39. The highest BCUT2D eigenvalue weighted by atomic mass is 15.3. The standard InChI is InChI=1S/C17H20N4/c1-11-16(12(2)21(4)20-11)17(18-3)14-9-13-7-5-6-8-15(13)19-10-14/h5-10,17-18H,1-4H3. The van der Waals surface area contributed by atoms with Crippen LogP contribution < -0.4 is 5.32 Å². The zero-order chi connectivity index (χ0) is 15.0. The number of hydrogen-bond donors (Lipinski definition) is 1. The Morgan fingerprint density at radius 3 is 2.62 bits per heavy atom. The lowest BCUT2D eigenvalue weighted by Gasteiger charge is -2.18. The van der Waals surface area contributed by atoms with E-state index < -0.39 is 0 Å². The summed E-state index contributed by atoms with van der Waals surface area (Å²) in [4.78, 5) is 4.57. The van der Waals surface area contributed by atoms with Crippen LogP contribution >= 0.6 is 0 Å². The first-order valence-corrected chi connectivity index (χ1v) is 7.14. The Balaban J connectivity index is 2.13. The quantitative estimate of drug-likeness (QED) is 0.802. The van der Waals surface area contributed by atoms with Crippen LogP contribution in [0.5, 0.6) is 0 Å². The first-order chi connectivity index (χ1) is 10.1. The van der Waals surface area contributed by atoms with Crippen molar-refractivity contribution in [3.05, 3.63) is 59.0 Å². The van der Waals surface area contributed by atoms with Gasteiger partial charge in [0, 0.05) is 29.9 Å². The molecular formula is C17H20N4. The van der Waals surface area contributed by atoms with E-state index in [1.807, 2.05) is 43.2 Å². The molecule has 0 radical (unpaired) electrons. The van der Waals surface area contributed by atoms with Crippen molar-refractivity contribution in [2.24, 2.45) is 7.05 Å². The molecule has 1 unspecified atom stereocenters. The molecule has 0 saturated carbocycles. The Morgan fingerprint density at radius 2 is 1.95 bits per heavy atom. The number of aryl methyl sites for hydroxylation is 2. The van der Waals surface area contributed by atoms with Crippen molar-refractivity contribution >= 4 is 10.9 Å². The van der Waals surface area contributed by atoms with Gasteiger partial charge in [0.1, 0.15) is 0 Å². The van der Waals surface area contributed by atoms with Crippen molar-refractivity contribution < 1.29 is 0 Å². The van der Waals surface area contributed by atoms with Gasteiger partial charge in [-0.1, -0.05) is 18.2 Å². The lowest BCUT2D eigenvalue weighted by atomic mass is 9.97. The summed E-state index contributed by atoms with van der Waals surface area (Å²) in [6, 6.07) is 10.5. The summed E-state index contributed by atoms with van der Waals surface area (Å²) in [6.45, 7) is 4.16. The first kappa shape index (κ1) is 13.8. The minimum Gasteiger partial charge on any atom is -0.309 e. The van der Waals surface area contributed by atoms with Gasteiger partial charge in [0.25, 0.3) is 0 Å². The van der Waals surface area contributed by atoms with Crippen molar-refractivity contribution in [1.82, 2.24) is 20.1 Å². The number of rotatable bonds is 3. The van der Waals surface area contributed by atoms with Gasteiger partial charge in [0.2, 0.25) is 0 Å². The Labute approximate surface area is 124 Å². The lowest BCUT2D eigenvalue weighted by molar-refractivity contribution is 0.676. The van der Waals surface area contributed by atoms with Gasteiger partial charge in [-0.05, 0) is 38.6 Å². The van der Waals surface area contributed by atoms with Crippen molar-refractivity contribution in [3.8, 4) is 0 Å². The van der Waals surface area contributed by atoms with Gasteiger partial charge in [-0.2, -0.15) is 5.10 Å². The normalized spacial score (nSPS) is 12.8. The number of para-hydroxylation sites is 1. The Morgan fingerprint density at radius 1 is 1.19 bits per heavy atom. The SMILES string of the molecule is CNC(c1cnc2ccccc2c1)c1c(C)nn(C)c1C. The summed E-state index contributed by atoms with van der Waals surface area (Å²) in [5.74, 6) is 0. The van der Waals surface area contributed by atoms with E-state index in [2.05, 4.69) is 41.4 Å². The van der Waals surface area contributed by atoms with Crippen LogP contribution in [0.4, 0.5) is 0 Å². The van der Waals surface area contributed by atoms with Crippen LogP contribution in [0.2, 0.25) is 0 Å². The van der Waals surface area contributed by atoms with E-state index in [1.165, 1.54) is 11.3 Å². The number of aromatic nitrogens is 3. The highest BCUT2D eigenvalue weighted by Crippen LogP contribution is 2.28. The fourth-order valence-corrected chi connectivity index (χ4v) is 2.93. The smallest absolute Gasteiger partial charge is 0.0702 e. The third-order valence-corrected chi connectivity index (χ3v) is 4.09. The molecule has 4 nitrogen and oxygen atoms in total. The monoisotopic (exact) mass is 280 g/mol. The topological polar surface area (TPSA) is 42.7 Å². The molecule has 0 spiro atoms. The lowest BCUT2D eigenvalue weighted by Crippen LogP contribution is -2.19. The minimum absolute atomic E-state index is 0.107. The average Bonchev–Trinajstić information content (AvgIpc) is 2.74. The molecule has 1 atom stereocenters. The van der Waals surface area contributed by atoms with E-state index in [0.29, 0.717) is 0 Å². The Hall–Kier alpha value is -2.20. The van der Waals surface area contributed by atoms with E-state index >= 15 is 0 Å². The van der Waals surface area contributed by atoms with Crippen LogP contribution in [-0.2, 0) is 7.05 Å². The number of nitrogens with one attached hydrogen (secondary N) is 1. The summed E-state index contributed by atoms with van der Waals surface area (Å²) in [5, 5.41) is 9.09. The molecule has 1 N–H and O–H groups in total. The molecule has 0 bridgehead atoms. The second kappa shape index (κ2) is 5.30. The van der Waals surface area contributed by atoms with Gasteiger partial charge < -0.3 is 5.32 Å². The third-order valence-electron chi connectivity index (χ3n) is 4.09. The average molecular weight is 280 g/mol. The van der Waals surface area contributed by atoms with Crippen molar-refractivity contribution in [1.29, 1.82) is 0 Å². The Bertz CT molecular complexity index is 789. The second-order valence-corrected chi connectivity index (χ2v) is 5.39. The summed E-state index contributed by atoms with van der Waals surface area (Å²) >= 11 is 0. The highest BCUT2D eigenvalue weighted by Gasteiger charge is 2.20. The maximum atomic E-state index is 4.57. The van der Waals surface area contributed by atoms with Crippen molar-refractivity contribution in [2.45, 2.75) is 19.9 Å². The van der Waals surface area contributed by atoms with E-state index in [4.69, 9.17) is 0 Å². The highest BCUT2D eigenvalue weighted by molar-refractivity contribution is 5.79. The first-order valence-electron chi connectivity index (χ1n) is 7.14. The fraction of sp³-hybridized carbons (Fsp3) is 0.294. The molecule has 0 saturated heterocycles. The van der Waals surface area contributed by atoms with Crippen LogP contribution in [0.1, 0.15) is 28.6 Å². The maximum Gasteiger partial charge on any atom is 0.0702 e. The molecule has 0 aliphatic rings. The van der Waals surface area contributed by atoms with Gasteiger partial charge >= 0.3 is 0 Å². The van der Waals surface area contributed by atoms with Crippen LogP contribution in [-0.4, -0.2) is 21.8 Å². The summed E-state index contributed by atoms with van der Waals surface area (Å²) < 4.78 is 1.93. The Kier molecular flexibility index (Phi) is 3.47. The molecule has 108 valence electrons. The van der Waals surface area contributed by atoms with E-state index in [1.54, 1.807) is 0 Å². The van der Waals surface area contributed by atoms with Crippen LogP contribution in [0.25, 0.3) is 10.9 Å². The number of nitrogens with zero attached hydrogens (tertiary/aromatic N) is 3. The summed E-state index contributed by atoms with van der Waals surface area (Å²) in [7, 11) is 3.96. The maximum absolute atomic E-state index is 4.57. The van der Waals surface area contributed by atoms with E-state index in [0.717, 1.165) is 22.2 Å². The minimum atomic E-state index is 0.107. The number of hydrogen-bond acceptors (Lipinski definition) is 3. The molecule has 3 rings (SSSR count). The van der Waals surface area contributed by atoms with Crippen LogP contribution in [0.15, 0.2) is 36.5 Å². The molecule has 0 amide bonds. The number of benzene rings is 1. The fourth-order valence-electron chi connectivity index (χ4n) is 2.93. The molecule has 2 aromatic heterocycles. The summed E-state index contributed by atoms with van der Waals surface area (Å²) in [6.07, 6.45) is 1.95. The molecule has 0 aliphatic carbocycles. The van der Waals surface area contributed by atoms with Crippen LogP contribution in [0, 0.1) is 13.8 Å². The molecule has 0 fully saturated rings. The molecule has 3 aromatic rings. The largest absolute Gasteiger partial charge is 0.309 e. The van der Waals surface area contributed by atoms with Gasteiger partial charge in [-0.3, -0.25) is 9.67 Å². The van der Waals surface area contributed by atoms with E-state index in [9.17, 15) is 0 Å². The van der Waals surface area contributed by atoms with Gasteiger partial charge in [-0.25, -0.2) is 0 Å². The summed E-state index contributed by atoms with van der Waals surface area (Å²) in [5.41, 5.74) is 5.66. The zero-order valence-corrected chi connectivity index (χ0v) is 12.9. The third kappa shape index (κ3) is 2.32. The molecular weight excluding hydrogens is 260 g/mol. The van der Waals surface area contributed by atoms with Crippen LogP contribution in [0.3, 0.4) is 0 Å². The molecule has 2 heterocycles. The number of pyridine rings is 1. The number of fused-ring (bicyclic) bond motifs is 1. The molecule has 21 heavy (non-hydrogen) atoms. The van der Waals surface area contributed by atoms with E-state index in [-0.39, 0.29) is 6.04 Å². The predicted molar refractivity (Wildman–Crippen MR) is 85.3 cm³/mol. The van der Waals surface area contributed by atoms with Gasteiger partial charge in [0.05, 0.1) is 17.3 Å². The predicted octanol–water partition coefficient (Wildman–Crippen LogP) is 2.89.